The minimum Gasteiger partial charge on any atom is -0.491 e. The molecule has 1 rings (SSSR count). The molecule has 0 aliphatic carbocycles. The largest absolute Gasteiger partial charge is 0.491 e. The maximum atomic E-state index is 5.70. The molecule has 0 spiro atoms. The topological polar surface area (TPSA) is 9.23 Å². The van der Waals surface area contributed by atoms with Crippen LogP contribution >= 0.6 is 0 Å². The molecule has 0 heterocycles. The summed E-state index contributed by atoms with van der Waals surface area (Å²) in [5.74, 6) is 1.57. The second-order valence-electron chi connectivity index (χ2n) is 4.06. The zero-order valence-electron chi connectivity index (χ0n) is 9.58. The first kappa shape index (κ1) is 11.1. The van der Waals surface area contributed by atoms with Crippen LogP contribution in [0.3, 0.4) is 0 Å². The molecule has 0 aromatic heterocycles. The van der Waals surface area contributed by atoms with E-state index in [1.54, 1.807) is 0 Å². The summed E-state index contributed by atoms with van der Waals surface area (Å²) in [6.07, 6.45) is 1.35. The quantitative estimate of drug-likeness (QED) is 0.701. The molecule has 1 atom stereocenters. The van der Waals surface area contributed by atoms with Crippen molar-refractivity contribution in [3.63, 3.8) is 0 Å². The molecule has 0 saturated heterocycles. The molecular formula is C13H20O. The molecule has 1 aromatic rings. The van der Waals surface area contributed by atoms with Gasteiger partial charge in [0.25, 0.3) is 0 Å². The van der Waals surface area contributed by atoms with Gasteiger partial charge in [-0.25, -0.2) is 0 Å². The minimum absolute atomic E-state index is 0.305. The van der Waals surface area contributed by atoms with Crippen molar-refractivity contribution in [3.8, 4) is 5.75 Å². The van der Waals surface area contributed by atoms with E-state index in [0.717, 1.165) is 12.2 Å². The summed E-state index contributed by atoms with van der Waals surface area (Å²) in [4.78, 5) is 0. The van der Waals surface area contributed by atoms with Crippen molar-refractivity contribution in [3.05, 3.63) is 29.8 Å². The number of hydrogen-bond acceptors (Lipinski definition) is 1. The van der Waals surface area contributed by atoms with Gasteiger partial charge in [0.1, 0.15) is 5.75 Å². The maximum absolute atomic E-state index is 5.70. The first-order valence-corrected chi connectivity index (χ1v) is 5.40. The van der Waals surface area contributed by atoms with Gasteiger partial charge in [-0.05, 0) is 37.0 Å². The van der Waals surface area contributed by atoms with E-state index in [1.807, 2.05) is 0 Å². The summed E-state index contributed by atoms with van der Waals surface area (Å²) in [5, 5.41) is 0. The number of ether oxygens (including phenoxy) is 1. The zero-order valence-corrected chi connectivity index (χ0v) is 9.58. The van der Waals surface area contributed by atoms with Gasteiger partial charge in [0, 0.05) is 0 Å². The number of benzene rings is 1. The Labute approximate surface area is 87.1 Å². The Morgan fingerprint density at radius 3 is 2.07 bits per heavy atom. The van der Waals surface area contributed by atoms with Crippen LogP contribution in [0.25, 0.3) is 0 Å². The third-order valence-electron chi connectivity index (χ3n) is 2.46. The summed E-state index contributed by atoms with van der Waals surface area (Å²) in [6, 6.07) is 8.40. The molecule has 0 bridgehead atoms. The molecule has 0 radical (unpaired) electrons. The van der Waals surface area contributed by atoms with Crippen LogP contribution in [0.1, 0.15) is 45.6 Å². The van der Waals surface area contributed by atoms with Crippen molar-refractivity contribution < 1.29 is 4.74 Å². The lowest BCUT2D eigenvalue weighted by atomic mass is 10.0. The Bertz CT molecular complexity index is 261. The Morgan fingerprint density at radius 1 is 1.07 bits per heavy atom. The van der Waals surface area contributed by atoms with Crippen LogP contribution in [-0.2, 0) is 0 Å². The Balaban J connectivity index is 2.64. The van der Waals surface area contributed by atoms with Crippen LogP contribution < -0.4 is 4.74 Å². The lowest BCUT2D eigenvalue weighted by Crippen LogP contribution is -2.09. The van der Waals surface area contributed by atoms with Gasteiger partial charge in [-0.15, -0.1) is 0 Å². The average molecular weight is 192 g/mol. The van der Waals surface area contributed by atoms with Gasteiger partial charge >= 0.3 is 0 Å². The van der Waals surface area contributed by atoms with E-state index in [4.69, 9.17) is 4.74 Å². The molecule has 1 heteroatoms. The Hall–Kier alpha value is -0.980. The average Bonchev–Trinajstić information content (AvgIpc) is 2.18. The van der Waals surface area contributed by atoms with Gasteiger partial charge in [-0.1, -0.05) is 32.9 Å². The molecular weight excluding hydrogens is 172 g/mol. The molecule has 0 fully saturated rings. The summed E-state index contributed by atoms with van der Waals surface area (Å²) in [6.45, 7) is 8.62. The summed E-state index contributed by atoms with van der Waals surface area (Å²) < 4.78 is 5.70. The van der Waals surface area contributed by atoms with Gasteiger partial charge in [0.2, 0.25) is 0 Å². The van der Waals surface area contributed by atoms with E-state index in [1.165, 1.54) is 5.56 Å². The van der Waals surface area contributed by atoms with Gasteiger partial charge < -0.3 is 4.74 Å². The smallest absolute Gasteiger partial charge is 0.119 e. The summed E-state index contributed by atoms with van der Waals surface area (Å²) in [7, 11) is 0. The first-order chi connectivity index (χ1) is 6.63. The Morgan fingerprint density at radius 2 is 1.64 bits per heavy atom. The van der Waals surface area contributed by atoms with Crippen molar-refractivity contribution in [2.45, 2.75) is 46.1 Å². The zero-order chi connectivity index (χ0) is 10.6. The third kappa shape index (κ3) is 3.06. The van der Waals surface area contributed by atoms with Crippen molar-refractivity contribution >= 4 is 0 Å². The number of rotatable bonds is 4. The molecule has 14 heavy (non-hydrogen) atoms. The number of hydrogen-bond donors (Lipinski definition) is 0. The van der Waals surface area contributed by atoms with Crippen LogP contribution in [0, 0.1) is 0 Å². The van der Waals surface area contributed by atoms with Crippen LogP contribution in [0.4, 0.5) is 0 Å². The van der Waals surface area contributed by atoms with Crippen LogP contribution in [0.2, 0.25) is 0 Å². The van der Waals surface area contributed by atoms with Crippen LogP contribution in [-0.4, -0.2) is 6.10 Å². The highest BCUT2D eigenvalue weighted by atomic mass is 16.5. The van der Waals surface area contributed by atoms with Crippen molar-refractivity contribution in [2.24, 2.45) is 0 Å². The van der Waals surface area contributed by atoms with Crippen molar-refractivity contribution in [2.75, 3.05) is 0 Å². The van der Waals surface area contributed by atoms with E-state index in [9.17, 15) is 0 Å². The molecule has 0 N–H and O–H groups in total. The predicted molar refractivity (Wildman–Crippen MR) is 60.9 cm³/mol. The van der Waals surface area contributed by atoms with Gasteiger partial charge in [0.15, 0.2) is 0 Å². The fourth-order valence-corrected chi connectivity index (χ4v) is 1.25. The van der Waals surface area contributed by atoms with Gasteiger partial charge in [-0.2, -0.15) is 0 Å². The lowest BCUT2D eigenvalue weighted by Gasteiger charge is -2.13. The molecule has 78 valence electrons. The fourth-order valence-electron chi connectivity index (χ4n) is 1.25. The highest BCUT2D eigenvalue weighted by molar-refractivity contribution is 5.28. The minimum atomic E-state index is 0.305. The van der Waals surface area contributed by atoms with E-state index >= 15 is 0 Å². The lowest BCUT2D eigenvalue weighted by molar-refractivity contribution is 0.217. The Kier molecular flexibility index (Phi) is 3.99. The second kappa shape index (κ2) is 5.04. The fraction of sp³-hybridized carbons (Fsp3) is 0.538. The highest BCUT2D eigenvalue weighted by Crippen LogP contribution is 2.19. The van der Waals surface area contributed by atoms with Crippen LogP contribution in [0.15, 0.2) is 24.3 Å². The second-order valence-corrected chi connectivity index (χ2v) is 4.06. The molecule has 0 saturated carbocycles. The van der Waals surface area contributed by atoms with E-state index in [0.29, 0.717) is 12.0 Å². The monoisotopic (exact) mass is 192 g/mol. The molecule has 0 unspecified atom stereocenters. The third-order valence-corrected chi connectivity index (χ3v) is 2.46. The summed E-state index contributed by atoms with van der Waals surface area (Å²) in [5.41, 5.74) is 1.36. The molecule has 1 nitrogen and oxygen atoms in total. The van der Waals surface area contributed by atoms with Gasteiger partial charge in [-0.3, -0.25) is 0 Å². The first-order valence-electron chi connectivity index (χ1n) is 5.40. The molecule has 1 aromatic carbocycles. The van der Waals surface area contributed by atoms with Crippen molar-refractivity contribution in [1.29, 1.82) is 0 Å². The standard InChI is InChI=1S/C13H20O/c1-5-11(4)14-13-8-6-12(7-9-13)10(2)3/h6-11H,5H2,1-4H3/t11-/m1/s1. The van der Waals surface area contributed by atoms with Gasteiger partial charge in [0.05, 0.1) is 6.10 Å². The molecule has 0 aliphatic rings. The normalized spacial score (nSPS) is 12.9. The van der Waals surface area contributed by atoms with E-state index < -0.39 is 0 Å². The highest BCUT2D eigenvalue weighted by Gasteiger charge is 2.02. The van der Waals surface area contributed by atoms with Crippen molar-refractivity contribution in [1.82, 2.24) is 0 Å². The van der Waals surface area contributed by atoms with Crippen LogP contribution in [0.5, 0.6) is 5.75 Å². The molecule has 0 amide bonds. The predicted octanol–water partition coefficient (Wildman–Crippen LogP) is 3.99. The molecule has 0 aliphatic heterocycles. The maximum Gasteiger partial charge on any atom is 0.119 e. The SMILES string of the molecule is CC[C@@H](C)Oc1ccc(C(C)C)cc1. The van der Waals surface area contributed by atoms with E-state index in [-0.39, 0.29) is 0 Å². The van der Waals surface area contributed by atoms with E-state index in [2.05, 4.69) is 52.0 Å². The summed E-state index contributed by atoms with van der Waals surface area (Å²) >= 11 is 0.